The molecule has 2 rings (SSSR count). The molecule has 2 amide bonds. The Balaban J connectivity index is 1.85. The Labute approximate surface area is 129 Å². The van der Waals surface area contributed by atoms with Gasteiger partial charge in [-0.2, -0.15) is 0 Å². The summed E-state index contributed by atoms with van der Waals surface area (Å²) >= 11 is 3.15. The molecule has 1 aromatic carbocycles. The molecule has 0 atom stereocenters. The van der Waals surface area contributed by atoms with Crippen molar-refractivity contribution in [2.45, 2.75) is 6.54 Å². The molecule has 0 aliphatic heterocycles. The summed E-state index contributed by atoms with van der Waals surface area (Å²) in [7, 11) is 1.33. The second-order valence-electron chi connectivity index (χ2n) is 4.10. The van der Waals surface area contributed by atoms with Gasteiger partial charge in [0, 0.05) is 12.6 Å². The molecule has 0 saturated heterocycles. The lowest BCUT2D eigenvalue weighted by Gasteiger charge is -2.06. The molecule has 0 unspecified atom stereocenters. The Morgan fingerprint density at radius 2 is 1.90 bits per heavy atom. The fraction of sp³-hybridized carbons (Fsp3) is 0.143. The van der Waals surface area contributed by atoms with Crippen LogP contribution in [0.15, 0.2) is 45.5 Å². The molecule has 21 heavy (non-hydrogen) atoms. The molecule has 0 spiro atoms. The molecule has 0 radical (unpaired) electrons. The predicted octanol–water partition coefficient (Wildman–Crippen LogP) is 3.15. The molecule has 110 valence electrons. The maximum absolute atomic E-state index is 11.6. The maximum Gasteiger partial charge on any atom is 0.337 e. The van der Waals surface area contributed by atoms with Gasteiger partial charge in [0.2, 0.25) is 5.88 Å². The number of rotatable bonds is 4. The van der Waals surface area contributed by atoms with Gasteiger partial charge < -0.3 is 14.5 Å². The molecule has 1 aromatic heterocycles. The van der Waals surface area contributed by atoms with Gasteiger partial charge in [-0.15, -0.1) is 0 Å². The number of methoxy groups -OCH3 is 1. The SMILES string of the molecule is COC(=O)c1ccc(CNC(=O)Nc2ccc(Br)o2)cc1. The van der Waals surface area contributed by atoms with Crippen molar-refractivity contribution in [2.24, 2.45) is 0 Å². The summed E-state index contributed by atoms with van der Waals surface area (Å²) in [4.78, 5) is 22.9. The molecule has 2 aromatic rings. The largest absolute Gasteiger partial charge is 0.465 e. The van der Waals surface area contributed by atoms with Crippen LogP contribution in [0.25, 0.3) is 0 Å². The molecular weight excluding hydrogens is 340 g/mol. The maximum atomic E-state index is 11.6. The summed E-state index contributed by atoms with van der Waals surface area (Å²) in [5.74, 6) is -0.0453. The lowest BCUT2D eigenvalue weighted by atomic mass is 10.1. The number of carbonyl (C=O) groups is 2. The van der Waals surface area contributed by atoms with Crippen LogP contribution in [-0.2, 0) is 11.3 Å². The van der Waals surface area contributed by atoms with Gasteiger partial charge in [0.25, 0.3) is 0 Å². The molecule has 0 aliphatic carbocycles. The van der Waals surface area contributed by atoms with E-state index >= 15 is 0 Å². The van der Waals surface area contributed by atoms with Crippen molar-refractivity contribution in [1.29, 1.82) is 0 Å². The third kappa shape index (κ3) is 4.35. The van der Waals surface area contributed by atoms with E-state index in [1.54, 1.807) is 36.4 Å². The number of esters is 1. The number of hydrogen-bond acceptors (Lipinski definition) is 4. The van der Waals surface area contributed by atoms with Gasteiger partial charge in [-0.25, -0.2) is 9.59 Å². The summed E-state index contributed by atoms with van der Waals surface area (Å²) in [6, 6.07) is 9.71. The van der Waals surface area contributed by atoms with Crippen LogP contribution in [0, 0.1) is 0 Å². The Bertz CT molecular complexity index is 637. The quantitative estimate of drug-likeness (QED) is 0.828. The minimum absolute atomic E-state index is 0.329. The molecule has 2 N–H and O–H groups in total. The van der Waals surface area contributed by atoms with Crippen LogP contribution in [0.3, 0.4) is 0 Å². The van der Waals surface area contributed by atoms with Crippen LogP contribution in [-0.4, -0.2) is 19.1 Å². The highest BCUT2D eigenvalue weighted by Gasteiger charge is 2.07. The van der Waals surface area contributed by atoms with E-state index in [1.165, 1.54) is 7.11 Å². The monoisotopic (exact) mass is 352 g/mol. The van der Waals surface area contributed by atoms with Gasteiger partial charge in [-0.05, 0) is 39.7 Å². The first-order valence-corrected chi connectivity index (χ1v) is 6.85. The topological polar surface area (TPSA) is 80.6 Å². The molecule has 0 bridgehead atoms. The predicted molar refractivity (Wildman–Crippen MR) is 80.0 cm³/mol. The normalized spacial score (nSPS) is 10.0. The van der Waals surface area contributed by atoms with Crippen molar-refractivity contribution in [1.82, 2.24) is 5.32 Å². The molecule has 0 fully saturated rings. The average Bonchev–Trinajstić information content (AvgIpc) is 2.90. The number of ether oxygens (including phenoxy) is 1. The number of anilines is 1. The Kier molecular flexibility index (Phi) is 4.99. The Hall–Kier alpha value is -2.28. The number of amides is 2. The summed E-state index contributed by atoms with van der Waals surface area (Å²) in [6.45, 7) is 0.329. The van der Waals surface area contributed by atoms with Crippen molar-refractivity contribution in [3.8, 4) is 0 Å². The lowest BCUT2D eigenvalue weighted by molar-refractivity contribution is 0.0600. The van der Waals surface area contributed by atoms with Gasteiger partial charge in [0.1, 0.15) is 0 Å². The summed E-state index contributed by atoms with van der Waals surface area (Å²) in [6.07, 6.45) is 0. The number of urea groups is 1. The van der Waals surface area contributed by atoms with Gasteiger partial charge in [0.05, 0.1) is 12.7 Å². The molecule has 0 saturated carbocycles. The van der Waals surface area contributed by atoms with Gasteiger partial charge >= 0.3 is 12.0 Å². The molecule has 7 heteroatoms. The van der Waals surface area contributed by atoms with Crippen LogP contribution >= 0.6 is 15.9 Å². The van der Waals surface area contributed by atoms with Crippen LogP contribution in [0.1, 0.15) is 15.9 Å². The van der Waals surface area contributed by atoms with E-state index in [1.807, 2.05) is 0 Å². The third-order valence-electron chi connectivity index (χ3n) is 2.64. The third-order valence-corrected chi connectivity index (χ3v) is 3.06. The minimum Gasteiger partial charge on any atom is -0.465 e. The summed E-state index contributed by atoms with van der Waals surface area (Å²) < 4.78 is 10.3. The second kappa shape index (κ2) is 6.94. The van der Waals surface area contributed by atoms with Crippen molar-refractivity contribution in [2.75, 3.05) is 12.4 Å². The van der Waals surface area contributed by atoms with Crippen LogP contribution in [0.2, 0.25) is 0 Å². The second-order valence-corrected chi connectivity index (χ2v) is 4.88. The number of benzene rings is 1. The fourth-order valence-electron chi connectivity index (χ4n) is 1.60. The highest BCUT2D eigenvalue weighted by atomic mass is 79.9. The number of hydrogen-bond donors (Lipinski definition) is 2. The molecule has 1 heterocycles. The van der Waals surface area contributed by atoms with E-state index in [9.17, 15) is 9.59 Å². The highest BCUT2D eigenvalue weighted by molar-refractivity contribution is 9.10. The first-order valence-electron chi connectivity index (χ1n) is 6.06. The fourth-order valence-corrected chi connectivity index (χ4v) is 1.90. The van der Waals surface area contributed by atoms with E-state index in [0.717, 1.165) is 5.56 Å². The summed E-state index contributed by atoms with van der Waals surface area (Å²) in [5.41, 5.74) is 1.32. The van der Waals surface area contributed by atoms with Gasteiger partial charge in [0.15, 0.2) is 4.67 Å². The Morgan fingerprint density at radius 1 is 1.19 bits per heavy atom. The van der Waals surface area contributed by atoms with E-state index in [2.05, 4.69) is 31.3 Å². The number of halogens is 1. The lowest BCUT2D eigenvalue weighted by Crippen LogP contribution is -2.27. The van der Waals surface area contributed by atoms with Crippen LogP contribution in [0.4, 0.5) is 10.7 Å². The zero-order chi connectivity index (χ0) is 15.2. The molecule has 6 nitrogen and oxygen atoms in total. The van der Waals surface area contributed by atoms with Crippen LogP contribution < -0.4 is 10.6 Å². The summed E-state index contributed by atoms with van der Waals surface area (Å²) in [5, 5.41) is 5.23. The highest BCUT2D eigenvalue weighted by Crippen LogP contribution is 2.17. The first-order chi connectivity index (χ1) is 10.1. The number of carbonyl (C=O) groups excluding carboxylic acids is 2. The first kappa shape index (κ1) is 15.1. The zero-order valence-electron chi connectivity index (χ0n) is 11.2. The van der Waals surface area contributed by atoms with E-state index < -0.39 is 5.97 Å². The minimum atomic E-state index is -0.393. The van der Waals surface area contributed by atoms with Gasteiger partial charge in [-0.3, -0.25) is 5.32 Å². The zero-order valence-corrected chi connectivity index (χ0v) is 12.8. The van der Waals surface area contributed by atoms with E-state index in [0.29, 0.717) is 22.7 Å². The van der Waals surface area contributed by atoms with Crippen molar-refractivity contribution < 1.29 is 18.7 Å². The van der Waals surface area contributed by atoms with Crippen molar-refractivity contribution in [3.63, 3.8) is 0 Å². The standard InChI is InChI=1S/C14H13BrN2O4/c1-20-13(18)10-4-2-9(3-5-10)8-16-14(19)17-12-7-6-11(15)21-12/h2-7H,8H2,1H3,(H2,16,17,19). The number of nitrogens with one attached hydrogen (secondary N) is 2. The van der Waals surface area contributed by atoms with E-state index in [4.69, 9.17) is 4.42 Å². The smallest absolute Gasteiger partial charge is 0.337 e. The average molecular weight is 353 g/mol. The van der Waals surface area contributed by atoms with E-state index in [-0.39, 0.29) is 6.03 Å². The Morgan fingerprint density at radius 3 is 2.48 bits per heavy atom. The van der Waals surface area contributed by atoms with Crippen molar-refractivity contribution >= 4 is 33.8 Å². The molecular formula is C14H13BrN2O4. The molecule has 0 aliphatic rings. The van der Waals surface area contributed by atoms with Crippen molar-refractivity contribution in [3.05, 3.63) is 52.2 Å². The number of furan rings is 1. The van der Waals surface area contributed by atoms with Gasteiger partial charge in [-0.1, -0.05) is 12.1 Å². The van der Waals surface area contributed by atoms with Crippen LogP contribution in [0.5, 0.6) is 0 Å².